The Balaban J connectivity index is 0.000000451. The molecule has 2 aliphatic heterocycles. The molecule has 224 valence electrons. The van der Waals surface area contributed by atoms with Gasteiger partial charge in [-0.25, -0.2) is 9.78 Å². The highest BCUT2D eigenvalue weighted by atomic mass is 32.1. The summed E-state index contributed by atoms with van der Waals surface area (Å²) in [5.41, 5.74) is 6.12. The second kappa shape index (κ2) is 13.8. The van der Waals surface area contributed by atoms with E-state index in [-0.39, 0.29) is 0 Å². The fourth-order valence-electron chi connectivity index (χ4n) is 5.77. The number of aliphatic carboxylic acids is 1. The van der Waals surface area contributed by atoms with E-state index < -0.39 is 12.1 Å². The van der Waals surface area contributed by atoms with Crippen molar-refractivity contribution in [3.8, 4) is 21.8 Å². The van der Waals surface area contributed by atoms with Crippen molar-refractivity contribution in [2.45, 2.75) is 51.2 Å². The van der Waals surface area contributed by atoms with E-state index in [2.05, 4.69) is 62.6 Å². The fraction of sp³-hybridized carbons (Fsp3) is 0.438. The number of piperidine rings is 2. The number of carboxylic acids is 1. The minimum absolute atomic E-state index is 0.919. The van der Waals surface area contributed by atoms with Crippen molar-refractivity contribution in [3.63, 3.8) is 0 Å². The van der Waals surface area contributed by atoms with Crippen molar-refractivity contribution < 1.29 is 23.1 Å². The third-order valence-corrected chi connectivity index (χ3v) is 9.08. The predicted molar refractivity (Wildman–Crippen MR) is 161 cm³/mol. The molecular formula is C32H37F3N4O2S. The van der Waals surface area contributed by atoms with Gasteiger partial charge in [-0.1, -0.05) is 36.8 Å². The maximum absolute atomic E-state index is 10.6. The van der Waals surface area contributed by atoms with Gasteiger partial charge in [-0.15, -0.1) is 11.3 Å². The van der Waals surface area contributed by atoms with Crippen LogP contribution in [-0.2, 0) is 11.3 Å². The maximum atomic E-state index is 10.6. The van der Waals surface area contributed by atoms with E-state index in [0.717, 1.165) is 29.3 Å². The number of likely N-dealkylation sites (tertiary alicyclic amines) is 2. The first-order valence-corrected chi connectivity index (χ1v) is 15.5. The monoisotopic (exact) mass is 598 g/mol. The van der Waals surface area contributed by atoms with Crippen molar-refractivity contribution in [2.24, 2.45) is 5.92 Å². The van der Waals surface area contributed by atoms with Crippen LogP contribution in [0.15, 0.2) is 60.0 Å². The molecule has 4 aromatic rings. The van der Waals surface area contributed by atoms with E-state index >= 15 is 0 Å². The van der Waals surface area contributed by atoms with Crippen LogP contribution in [0.2, 0.25) is 0 Å². The molecule has 0 radical (unpaired) electrons. The summed E-state index contributed by atoms with van der Waals surface area (Å²) in [6.45, 7) is 7.53. The molecule has 0 bridgehead atoms. The van der Waals surface area contributed by atoms with Gasteiger partial charge in [-0.2, -0.15) is 13.2 Å². The standard InChI is InChI=1S/C30H36N4S.C2HF3O2/c1-4-14-33(15-5-1)16-11-23-12-17-34(18-13-23)21-24-7-6-8-25(19-24)26-20-29(35-22-26)30-31-27-9-2-3-10-28(27)32-30;3-2(4,5)1(6)7/h2-3,6-10,19-20,22-23H,1,4-5,11-18,21H2,(H,31,32);(H,6,7). The van der Waals surface area contributed by atoms with Crippen molar-refractivity contribution in [3.05, 3.63) is 65.5 Å². The van der Waals surface area contributed by atoms with Crippen LogP contribution >= 0.6 is 11.3 Å². The number of benzene rings is 2. The number of nitrogens with zero attached hydrogens (tertiary/aromatic N) is 3. The zero-order valence-corrected chi connectivity index (χ0v) is 24.4. The lowest BCUT2D eigenvalue weighted by Crippen LogP contribution is -2.36. The molecule has 4 heterocycles. The molecule has 0 spiro atoms. The van der Waals surface area contributed by atoms with E-state index in [1.54, 1.807) is 11.3 Å². The quantitative estimate of drug-likeness (QED) is 0.228. The summed E-state index contributed by atoms with van der Waals surface area (Å²) in [5, 5.41) is 9.38. The Morgan fingerprint density at radius 1 is 0.952 bits per heavy atom. The molecule has 2 aromatic heterocycles. The Morgan fingerprint density at radius 2 is 1.69 bits per heavy atom. The van der Waals surface area contributed by atoms with E-state index in [4.69, 9.17) is 14.9 Å². The first-order chi connectivity index (χ1) is 20.2. The first-order valence-electron chi connectivity index (χ1n) is 14.6. The van der Waals surface area contributed by atoms with Crippen LogP contribution in [0.1, 0.15) is 44.1 Å². The molecule has 6 nitrogen and oxygen atoms in total. The third kappa shape index (κ3) is 8.20. The zero-order chi connectivity index (χ0) is 29.5. The zero-order valence-electron chi connectivity index (χ0n) is 23.6. The molecule has 2 N–H and O–H groups in total. The van der Waals surface area contributed by atoms with Gasteiger partial charge in [0, 0.05) is 6.54 Å². The van der Waals surface area contributed by atoms with Gasteiger partial charge in [-0.05, 0) is 117 Å². The minimum atomic E-state index is -5.08. The van der Waals surface area contributed by atoms with Gasteiger partial charge in [0.25, 0.3) is 0 Å². The predicted octanol–water partition coefficient (Wildman–Crippen LogP) is 7.68. The number of aromatic nitrogens is 2. The summed E-state index contributed by atoms with van der Waals surface area (Å²) in [6, 6.07) is 19.6. The van der Waals surface area contributed by atoms with E-state index in [1.807, 2.05) is 12.1 Å². The Morgan fingerprint density at radius 3 is 2.40 bits per heavy atom. The summed E-state index contributed by atoms with van der Waals surface area (Å²) in [7, 11) is 0. The number of carbonyl (C=O) groups is 1. The minimum Gasteiger partial charge on any atom is -0.475 e. The Bertz CT molecular complexity index is 1420. The molecule has 0 atom stereocenters. The molecular weight excluding hydrogens is 561 g/mol. The van der Waals surface area contributed by atoms with Gasteiger partial charge in [0.2, 0.25) is 0 Å². The van der Waals surface area contributed by atoms with Gasteiger partial charge < -0.3 is 15.0 Å². The van der Waals surface area contributed by atoms with Crippen LogP contribution in [0, 0.1) is 5.92 Å². The molecule has 10 heteroatoms. The van der Waals surface area contributed by atoms with Gasteiger partial charge in [0.1, 0.15) is 5.82 Å². The highest BCUT2D eigenvalue weighted by Gasteiger charge is 2.38. The molecule has 0 unspecified atom stereocenters. The van der Waals surface area contributed by atoms with Crippen molar-refractivity contribution >= 4 is 28.3 Å². The third-order valence-electron chi connectivity index (χ3n) is 8.14. The number of imidazole rings is 1. The largest absolute Gasteiger partial charge is 0.490 e. The number of para-hydroxylation sites is 2. The van der Waals surface area contributed by atoms with Gasteiger partial charge in [-0.3, -0.25) is 4.90 Å². The first kappa shape index (κ1) is 30.3. The van der Waals surface area contributed by atoms with Crippen LogP contribution in [0.25, 0.3) is 32.9 Å². The Labute approximate surface area is 248 Å². The van der Waals surface area contributed by atoms with Crippen LogP contribution < -0.4 is 0 Å². The molecule has 0 saturated carbocycles. The van der Waals surface area contributed by atoms with Crippen molar-refractivity contribution in [1.82, 2.24) is 19.8 Å². The number of H-pyrrole nitrogens is 1. The molecule has 2 aromatic carbocycles. The highest BCUT2D eigenvalue weighted by molar-refractivity contribution is 7.13. The van der Waals surface area contributed by atoms with Crippen LogP contribution in [0.3, 0.4) is 0 Å². The Kier molecular flexibility index (Phi) is 9.97. The number of thiophene rings is 1. The SMILES string of the molecule is O=C(O)C(F)(F)F.c1cc(CN2CCC(CCN3CCCCC3)CC2)cc(-c2csc(-c3nc4ccccc4[nH]3)c2)c1. The number of nitrogens with one attached hydrogen (secondary N) is 1. The van der Waals surface area contributed by atoms with Crippen molar-refractivity contribution in [2.75, 3.05) is 32.7 Å². The number of aromatic amines is 1. The molecule has 0 amide bonds. The molecule has 2 aliphatic rings. The van der Waals surface area contributed by atoms with Crippen LogP contribution in [0.5, 0.6) is 0 Å². The summed E-state index contributed by atoms with van der Waals surface area (Å²) in [6.07, 6.45) is 3.28. The summed E-state index contributed by atoms with van der Waals surface area (Å²) in [5.74, 6) is -0.878. The van der Waals surface area contributed by atoms with E-state index in [9.17, 15) is 13.2 Å². The number of rotatable bonds is 7. The average molecular weight is 599 g/mol. The van der Waals surface area contributed by atoms with E-state index in [1.165, 1.54) is 92.8 Å². The topological polar surface area (TPSA) is 72.5 Å². The highest BCUT2D eigenvalue weighted by Crippen LogP contribution is 2.33. The number of hydrogen-bond donors (Lipinski definition) is 2. The number of alkyl halides is 3. The summed E-state index contributed by atoms with van der Waals surface area (Å²) < 4.78 is 31.7. The smallest absolute Gasteiger partial charge is 0.475 e. The number of carboxylic acid groups (broad SMARTS) is 1. The Hall–Kier alpha value is -3.21. The van der Waals surface area contributed by atoms with Gasteiger partial charge >= 0.3 is 12.1 Å². The molecule has 2 fully saturated rings. The molecule has 2 saturated heterocycles. The number of fused-ring (bicyclic) bond motifs is 1. The second-order valence-electron chi connectivity index (χ2n) is 11.2. The fourth-order valence-corrected chi connectivity index (χ4v) is 6.63. The molecule has 0 aliphatic carbocycles. The maximum Gasteiger partial charge on any atom is 0.490 e. The molecule has 6 rings (SSSR count). The molecule has 42 heavy (non-hydrogen) atoms. The van der Waals surface area contributed by atoms with Gasteiger partial charge in [0.05, 0.1) is 15.9 Å². The van der Waals surface area contributed by atoms with Crippen LogP contribution in [0.4, 0.5) is 13.2 Å². The number of hydrogen-bond acceptors (Lipinski definition) is 5. The average Bonchev–Trinajstić information content (AvgIpc) is 3.65. The van der Waals surface area contributed by atoms with Gasteiger partial charge in [0.15, 0.2) is 0 Å². The lowest BCUT2D eigenvalue weighted by molar-refractivity contribution is -0.192. The normalized spacial score (nSPS) is 17.2. The number of halogens is 3. The second-order valence-corrected chi connectivity index (χ2v) is 12.1. The lowest BCUT2D eigenvalue weighted by Gasteiger charge is -2.34. The summed E-state index contributed by atoms with van der Waals surface area (Å²) >= 11 is 1.76. The van der Waals surface area contributed by atoms with Crippen LogP contribution in [-0.4, -0.2) is 69.7 Å². The van der Waals surface area contributed by atoms with Crippen molar-refractivity contribution in [1.29, 1.82) is 0 Å². The lowest BCUT2D eigenvalue weighted by atomic mass is 9.92. The summed E-state index contributed by atoms with van der Waals surface area (Å²) in [4.78, 5) is 23.7. The van der Waals surface area contributed by atoms with E-state index in [0.29, 0.717) is 0 Å².